The van der Waals surface area contributed by atoms with Crippen LogP contribution in [0, 0.1) is 6.92 Å². The summed E-state index contributed by atoms with van der Waals surface area (Å²) in [5.41, 5.74) is 2.89. The molecule has 0 saturated carbocycles. The van der Waals surface area contributed by atoms with Crippen molar-refractivity contribution in [3.8, 4) is 0 Å². The molecule has 3 rings (SSSR count). The second kappa shape index (κ2) is 8.75. The average Bonchev–Trinajstić information content (AvgIpc) is 2.67. The number of carbonyl (C=O) groups excluding carboxylic acids is 1. The molecule has 0 amide bonds. The zero-order valence-corrected chi connectivity index (χ0v) is 15.3. The minimum Gasteiger partial charge on any atom is -0.462 e. The summed E-state index contributed by atoms with van der Waals surface area (Å²) in [5, 5.41) is 6.38. The Hall–Kier alpha value is -3.48. The molecule has 2 aromatic heterocycles. The third-order valence-electron chi connectivity index (χ3n) is 3.72. The maximum Gasteiger partial charge on any atom is 0.340 e. The summed E-state index contributed by atoms with van der Waals surface area (Å²) in [5.74, 6) is 0.700. The van der Waals surface area contributed by atoms with Crippen LogP contribution < -0.4 is 10.6 Å². The lowest BCUT2D eigenvalue weighted by atomic mass is 10.2. The van der Waals surface area contributed by atoms with E-state index in [1.54, 1.807) is 37.5 Å². The topological polar surface area (TPSA) is 89.0 Å². The van der Waals surface area contributed by atoms with Crippen molar-refractivity contribution in [3.05, 3.63) is 71.7 Å². The zero-order valence-electron chi connectivity index (χ0n) is 15.3. The molecule has 7 heteroatoms. The van der Waals surface area contributed by atoms with Gasteiger partial charge < -0.3 is 15.4 Å². The third-order valence-corrected chi connectivity index (χ3v) is 3.72. The molecule has 0 bridgehead atoms. The molecule has 0 fully saturated rings. The Morgan fingerprint density at radius 1 is 1.15 bits per heavy atom. The van der Waals surface area contributed by atoms with E-state index in [2.05, 4.69) is 25.6 Å². The predicted octanol–water partition coefficient (Wildman–Crippen LogP) is 3.71. The van der Waals surface area contributed by atoms with E-state index in [0.29, 0.717) is 36.2 Å². The van der Waals surface area contributed by atoms with Crippen LogP contribution in [-0.2, 0) is 11.3 Å². The number of ether oxygens (including phenoxy) is 1. The number of para-hydroxylation sites is 1. The van der Waals surface area contributed by atoms with Crippen LogP contribution in [-0.4, -0.2) is 27.5 Å². The summed E-state index contributed by atoms with van der Waals surface area (Å²) >= 11 is 0. The van der Waals surface area contributed by atoms with E-state index in [9.17, 15) is 4.79 Å². The van der Waals surface area contributed by atoms with E-state index >= 15 is 0 Å². The zero-order chi connectivity index (χ0) is 19.1. The highest BCUT2D eigenvalue weighted by Gasteiger charge is 2.13. The fourth-order valence-corrected chi connectivity index (χ4v) is 2.51. The SMILES string of the molecule is CCOC(=O)c1ccccc1Nc1nc(C)cc(NCc2cccnc2)n1. The fourth-order valence-electron chi connectivity index (χ4n) is 2.51. The van der Waals surface area contributed by atoms with Crippen molar-refractivity contribution in [1.82, 2.24) is 15.0 Å². The van der Waals surface area contributed by atoms with Gasteiger partial charge in [-0.1, -0.05) is 18.2 Å². The first kappa shape index (κ1) is 18.3. The minimum absolute atomic E-state index is 0.316. The molecule has 27 heavy (non-hydrogen) atoms. The molecule has 0 spiro atoms. The lowest BCUT2D eigenvalue weighted by Crippen LogP contribution is -2.10. The minimum atomic E-state index is -0.386. The molecule has 0 aliphatic carbocycles. The summed E-state index contributed by atoms with van der Waals surface area (Å²) in [6.45, 7) is 4.58. The van der Waals surface area contributed by atoms with Crippen LogP contribution in [0.5, 0.6) is 0 Å². The number of nitrogens with one attached hydrogen (secondary N) is 2. The van der Waals surface area contributed by atoms with Gasteiger partial charge in [0.2, 0.25) is 5.95 Å². The number of hydrogen-bond acceptors (Lipinski definition) is 7. The Morgan fingerprint density at radius 2 is 2.00 bits per heavy atom. The van der Waals surface area contributed by atoms with Gasteiger partial charge in [0.25, 0.3) is 0 Å². The first-order chi connectivity index (χ1) is 13.2. The van der Waals surface area contributed by atoms with E-state index in [0.717, 1.165) is 11.3 Å². The number of nitrogens with zero attached hydrogens (tertiary/aromatic N) is 3. The van der Waals surface area contributed by atoms with Crippen molar-refractivity contribution in [2.24, 2.45) is 0 Å². The van der Waals surface area contributed by atoms with Gasteiger partial charge in [-0.15, -0.1) is 0 Å². The molecule has 0 radical (unpaired) electrons. The number of aromatic nitrogens is 3. The van der Waals surface area contributed by atoms with Crippen molar-refractivity contribution in [1.29, 1.82) is 0 Å². The highest BCUT2D eigenvalue weighted by Crippen LogP contribution is 2.21. The normalized spacial score (nSPS) is 10.3. The average molecular weight is 363 g/mol. The fraction of sp³-hybridized carbons (Fsp3) is 0.200. The van der Waals surface area contributed by atoms with Crippen LogP contribution in [0.1, 0.15) is 28.5 Å². The second-order valence-corrected chi connectivity index (χ2v) is 5.82. The van der Waals surface area contributed by atoms with Crippen LogP contribution in [0.4, 0.5) is 17.5 Å². The summed E-state index contributed by atoms with van der Waals surface area (Å²) < 4.78 is 5.10. The molecular formula is C20H21N5O2. The van der Waals surface area contributed by atoms with Crippen molar-refractivity contribution >= 4 is 23.4 Å². The largest absolute Gasteiger partial charge is 0.462 e. The summed E-state index contributed by atoms with van der Waals surface area (Å²) in [6.07, 6.45) is 3.54. The number of hydrogen-bond donors (Lipinski definition) is 2. The Morgan fingerprint density at radius 3 is 2.78 bits per heavy atom. The molecular weight excluding hydrogens is 342 g/mol. The number of pyridine rings is 1. The Labute approximate surface area is 157 Å². The number of esters is 1. The first-order valence-electron chi connectivity index (χ1n) is 8.67. The van der Waals surface area contributed by atoms with E-state index in [4.69, 9.17) is 4.74 Å². The van der Waals surface area contributed by atoms with Crippen molar-refractivity contribution in [2.75, 3.05) is 17.2 Å². The number of aryl methyl sites for hydroxylation is 1. The molecule has 0 aliphatic heterocycles. The molecule has 2 heterocycles. The number of carbonyl (C=O) groups is 1. The van der Waals surface area contributed by atoms with Crippen LogP contribution in [0.25, 0.3) is 0 Å². The van der Waals surface area contributed by atoms with E-state index in [1.165, 1.54) is 0 Å². The second-order valence-electron chi connectivity index (χ2n) is 5.82. The van der Waals surface area contributed by atoms with Crippen LogP contribution >= 0.6 is 0 Å². The molecule has 2 N–H and O–H groups in total. The summed E-state index contributed by atoms with van der Waals surface area (Å²) in [6, 6.07) is 12.9. The molecule has 0 atom stereocenters. The van der Waals surface area contributed by atoms with Gasteiger partial charge >= 0.3 is 5.97 Å². The van der Waals surface area contributed by atoms with Crippen LogP contribution in [0.15, 0.2) is 54.9 Å². The maximum absolute atomic E-state index is 12.1. The lowest BCUT2D eigenvalue weighted by Gasteiger charge is -2.12. The molecule has 138 valence electrons. The van der Waals surface area contributed by atoms with Gasteiger partial charge in [0.05, 0.1) is 17.9 Å². The highest BCUT2D eigenvalue weighted by molar-refractivity contribution is 5.96. The lowest BCUT2D eigenvalue weighted by molar-refractivity contribution is 0.0527. The quantitative estimate of drug-likeness (QED) is 0.619. The monoisotopic (exact) mass is 363 g/mol. The van der Waals surface area contributed by atoms with Crippen LogP contribution in [0.3, 0.4) is 0 Å². The number of rotatable bonds is 7. The van der Waals surface area contributed by atoms with E-state index < -0.39 is 0 Å². The summed E-state index contributed by atoms with van der Waals surface area (Å²) in [7, 11) is 0. The number of anilines is 3. The number of benzene rings is 1. The first-order valence-corrected chi connectivity index (χ1v) is 8.67. The van der Waals surface area contributed by atoms with Gasteiger partial charge in [0, 0.05) is 30.7 Å². The van der Waals surface area contributed by atoms with Crippen molar-refractivity contribution in [2.45, 2.75) is 20.4 Å². The summed E-state index contributed by atoms with van der Waals surface area (Å²) in [4.78, 5) is 25.1. The Kier molecular flexibility index (Phi) is 5.94. The van der Waals surface area contributed by atoms with E-state index in [-0.39, 0.29) is 5.97 Å². The van der Waals surface area contributed by atoms with Gasteiger partial charge in [0.15, 0.2) is 0 Å². The van der Waals surface area contributed by atoms with Gasteiger partial charge in [-0.3, -0.25) is 4.98 Å². The molecule has 0 unspecified atom stereocenters. The third kappa shape index (κ3) is 5.01. The molecule has 0 aliphatic rings. The molecule has 7 nitrogen and oxygen atoms in total. The smallest absolute Gasteiger partial charge is 0.340 e. The van der Waals surface area contributed by atoms with Gasteiger partial charge in [-0.05, 0) is 37.6 Å². The van der Waals surface area contributed by atoms with Gasteiger partial charge in [-0.2, -0.15) is 4.98 Å². The Bertz CT molecular complexity index is 915. The maximum atomic E-state index is 12.1. The Balaban J connectivity index is 1.78. The van der Waals surface area contributed by atoms with E-state index in [1.807, 2.05) is 31.2 Å². The molecule has 0 saturated heterocycles. The van der Waals surface area contributed by atoms with Crippen molar-refractivity contribution < 1.29 is 9.53 Å². The predicted molar refractivity (Wildman–Crippen MR) is 104 cm³/mol. The van der Waals surface area contributed by atoms with Gasteiger partial charge in [0.1, 0.15) is 5.82 Å². The molecule has 3 aromatic rings. The highest BCUT2D eigenvalue weighted by atomic mass is 16.5. The molecule has 1 aromatic carbocycles. The van der Waals surface area contributed by atoms with Crippen molar-refractivity contribution in [3.63, 3.8) is 0 Å². The van der Waals surface area contributed by atoms with Crippen LogP contribution in [0.2, 0.25) is 0 Å². The standard InChI is InChI=1S/C20H21N5O2/c1-3-27-19(26)16-8-4-5-9-17(16)24-20-23-14(2)11-18(25-20)22-13-15-7-6-10-21-12-15/h4-12H,3,13H2,1-2H3,(H2,22,23,24,25). The van der Waals surface area contributed by atoms with Gasteiger partial charge in [-0.25, -0.2) is 9.78 Å².